The molecule has 0 spiro atoms. The minimum atomic E-state index is -0.0792. The van der Waals surface area contributed by atoms with Gasteiger partial charge in [-0.3, -0.25) is 4.79 Å². The summed E-state index contributed by atoms with van der Waals surface area (Å²) in [5.74, 6) is 0.681. The number of anilines is 1. The first-order valence-corrected chi connectivity index (χ1v) is 7.68. The summed E-state index contributed by atoms with van der Waals surface area (Å²) in [5, 5.41) is 6.27. The van der Waals surface area contributed by atoms with E-state index >= 15 is 0 Å². The zero-order valence-corrected chi connectivity index (χ0v) is 13.3. The van der Waals surface area contributed by atoms with E-state index in [4.69, 9.17) is 0 Å². The average Bonchev–Trinajstić information content (AvgIpc) is 2.56. The number of amides is 1. The molecule has 1 aromatic carbocycles. The van der Waals surface area contributed by atoms with Gasteiger partial charge in [0.2, 0.25) is 0 Å². The van der Waals surface area contributed by atoms with E-state index in [1.807, 2.05) is 38.1 Å². The number of nitrogens with zero attached hydrogens (tertiary/aromatic N) is 1. The zero-order chi connectivity index (χ0) is 15.9. The SMILES string of the molecule is CCC(C)NC(=O)c1ccc(NC(C)c2ccccc2)nc1. The van der Waals surface area contributed by atoms with Crippen LogP contribution in [0.1, 0.15) is 49.2 Å². The highest BCUT2D eigenvalue weighted by Gasteiger charge is 2.10. The van der Waals surface area contributed by atoms with Crippen LogP contribution in [-0.2, 0) is 0 Å². The number of pyridine rings is 1. The number of nitrogens with one attached hydrogen (secondary N) is 2. The van der Waals surface area contributed by atoms with Crippen LogP contribution < -0.4 is 10.6 Å². The van der Waals surface area contributed by atoms with Crippen molar-refractivity contribution in [3.63, 3.8) is 0 Å². The average molecular weight is 297 g/mol. The van der Waals surface area contributed by atoms with E-state index < -0.39 is 0 Å². The van der Waals surface area contributed by atoms with Crippen LogP contribution in [0.3, 0.4) is 0 Å². The number of aromatic nitrogens is 1. The molecule has 2 N–H and O–H groups in total. The highest BCUT2D eigenvalue weighted by Crippen LogP contribution is 2.17. The molecule has 0 radical (unpaired) electrons. The number of benzene rings is 1. The molecule has 1 heterocycles. The maximum absolute atomic E-state index is 12.0. The number of carbonyl (C=O) groups excluding carboxylic acids is 1. The summed E-state index contributed by atoms with van der Waals surface area (Å²) in [6.45, 7) is 6.12. The number of carbonyl (C=O) groups is 1. The molecule has 2 aromatic rings. The molecule has 0 aliphatic heterocycles. The van der Waals surface area contributed by atoms with Gasteiger partial charge < -0.3 is 10.6 Å². The Bertz CT molecular complexity index is 595. The van der Waals surface area contributed by atoms with Gasteiger partial charge in [0, 0.05) is 18.3 Å². The Labute approximate surface area is 132 Å². The van der Waals surface area contributed by atoms with E-state index in [-0.39, 0.29) is 18.0 Å². The molecule has 0 aliphatic rings. The highest BCUT2D eigenvalue weighted by molar-refractivity contribution is 5.94. The van der Waals surface area contributed by atoms with Crippen molar-refractivity contribution in [1.82, 2.24) is 10.3 Å². The molecule has 2 unspecified atom stereocenters. The van der Waals surface area contributed by atoms with Crippen LogP contribution in [-0.4, -0.2) is 16.9 Å². The molecule has 4 heteroatoms. The molecule has 4 nitrogen and oxygen atoms in total. The van der Waals surface area contributed by atoms with E-state index in [9.17, 15) is 4.79 Å². The van der Waals surface area contributed by atoms with Crippen LogP contribution >= 0.6 is 0 Å². The fraction of sp³-hybridized carbons (Fsp3) is 0.333. The normalized spacial score (nSPS) is 13.2. The lowest BCUT2D eigenvalue weighted by molar-refractivity contribution is 0.0939. The fourth-order valence-electron chi connectivity index (χ4n) is 2.07. The quantitative estimate of drug-likeness (QED) is 0.853. The third-order valence-electron chi connectivity index (χ3n) is 3.68. The second-order valence-electron chi connectivity index (χ2n) is 5.49. The Morgan fingerprint density at radius 2 is 1.86 bits per heavy atom. The van der Waals surface area contributed by atoms with Crippen molar-refractivity contribution in [2.75, 3.05) is 5.32 Å². The van der Waals surface area contributed by atoms with Gasteiger partial charge in [0.1, 0.15) is 5.82 Å². The first kappa shape index (κ1) is 16.0. The second kappa shape index (κ2) is 7.59. The van der Waals surface area contributed by atoms with Gasteiger partial charge in [0.25, 0.3) is 5.91 Å². The summed E-state index contributed by atoms with van der Waals surface area (Å²) < 4.78 is 0. The summed E-state index contributed by atoms with van der Waals surface area (Å²) >= 11 is 0. The Balaban J connectivity index is 1.98. The summed E-state index contributed by atoms with van der Waals surface area (Å²) in [5.41, 5.74) is 1.78. The van der Waals surface area contributed by atoms with Gasteiger partial charge in [-0.2, -0.15) is 0 Å². The first-order valence-electron chi connectivity index (χ1n) is 7.68. The van der Waals surface area contributed by atoms with E-state index in [0.717, 1.165) is 12.2 Å². The van der Waals surface area contributed by atoms with Gasteiger partial charge in [-0.15, -0.1) is 0 Å². The van der Waals surface area contributed by atoms with E-state index in [1.165, 1.54) is 5.56 Å². The molecule has 0 aliphatic carbocycles. The molecule has 0 fully saturated rings. The molecule has 2 atom stereocenters. The van der Waals surface area contributed by atoms with Gasteiger partial charge in [-0.05, 0) is 38.0 Å². The van der Waals surface area contributed by atoms with Crippen molar-refractivity contribution >= 4 is 11.7 Å². The van der Waals surface area contributed by atoms with Crippen LogP contribution in [0.25, 0.3) is 0 Å². The van der Waals surface area contributed by atoms with Crippen molar-refractivity contribution in [3.05, 3.63) is 59.8 Å². The van der Waals surface area contributed by atoms with Gasteiger partial charge in [-0.1, -0.05) is 37.3 Å². The summed E-state index contributed by atoms with van der Waals surface area (Å²) in [7, 11) is 0. The number of hydrogen-bond acceptors (Lipinski definition) is 3. The lowest BCUT2D eigenvalue weighted by Crippen LogP contribution is -2.31. The van der Waals surface area contributed by atoms with Crippen molar-refractivity contribution in [2.45, 2.75) is 39.3 Å². The van der Waals surface area contributed by atoms with E-state index in [0.29, 0.717) is 5.56 Å². The lowest BCUT2D eigenvalue weighted by atomic mass is 10.1. The Morgan fingerprint density at radius 1 is 1.14 bits per heavy atom. The van der Waals surface area contributed by atoms with E-state index in [2.05, 4.69) is 34.7 Å². The largest absolute Gasteiger partial charge is 0.364 e. The molecule has 0 bridgehead atoms. The zero-order valence-electron chi connectivity index (χ0n) is 13.3. The molecule has 0 saturated carbocycles. The predicted octanol–water partition coefficient (Wildman–Crippen LogP) is 3.78. The minimum Gasteiger partial charge on any atom is -0.364 e. The van der Waals surface area contributed by atoms with Crippen LogP contribution in [0, 0.1) is 0 Å². The maximum Gasteiger partial charge on any atom is 0.253 e. The summed E-state index contributed by atoms with van der Waals surface area (Å²) in [6.07, 6.45) is 2.52. The molecular formula is C18H23N3O. The van der Waals surface area contributed by atoms with Gasteiger partial charge >= 0.3 is 0 Å². The smallest absolute Gasteiger partial charge is 0.253 e. The molecule has 1 aromatic heterocycles. The number of hydrogen-bond donors (Lipinski definition) is 2. The molecule has 116 valence electrons. The molecular weight excluding hydrogens is 274 g/mol. The van der Waals surface area contributed by atoms with Gasteiger partial charge in [-0.25, -0.2) is 4.98 Å². The minimum absolute atomic E-state index is 0.0792. The highest BCUT2D eigenvalue weighted by atomic mass is 16.1. The number of rotatable bonds is 6. The Kier molecular flexibility index (Phi) is 5.53. The first-order chi connectivity index (χ1) is 10.6. The Hall–Kier alpha value is -2.36. The molecule has 1 amide bonds. The Morgan fingerprint density at radius 3 is 2.45 bits per heavy atom. The summed E-state index contributed by atoms with van der Waals surface area (Å²) in [4.78, 5) is 16.3. The monoisotopic (exact) mass is 297 g/mol. The standard InChI is InChI=1S/C18H23N3O/c1-4-13(2)20-18(22)16-10-11-17(19-12-16)21-14(3)15-8-6-5-7-9-15/h5-14H,4H2,1-3H3,(H,19,21)(H,20,22). The van der Waals surface area contributed by atoms with E-state index in [1.54, 1.807) is 12.3 Å². The van der Waals surface area contributed by atoms with Gasteiger partial charge in [0.05, 0.1) is 5.56 Å². The maximum atomic E-state index is 12.0. The predicted molar refractivity (Wildman–Crippen MR) is 89.9 cm³/mol. The third kappa shape index (κ3) is 4.32. The van der Waals surface area contributed by atoms with Crippen LogP contribution in [0.15, 0.2) is 48.7 Å². The van der Waals surface area contributed by atoms with Crippen molar-refractivity contribution < 1.29 is 4.79 Å². The molecule has 22 heavy (non-hydrogen) atoms. The topological polar surface area (TPSA) is 54.0 Å². The lowest BCUT2D eigenvalue weighted by Gasteiger charge is -2.15. The van der Waals surface area contributed by atoms with Crippen molar-refractivity contribution in [2.24, 2.45) is 0 Å². The molecule has 0 saturated heterocycles. The van der Waals surface area contributed by atoms with Crippen molar-refractivity contribution in [3.8, 4) is 0 Å². The van der Waals surface area contributed by atoms with Crippen LogP contribution in [0.4, 0.5) is 5.82 Å². The fourth-order valence-corrected chi connectivity index (χ4v) is 2.07. The third-order valence-corrected chi connectivity index (χ3v) is 3.68. The molecule has 2 rings (SSSR count). The second-order valence-corrected chi connectivity index (χ2v) is 5.49. The summed E-state index contributed by atoms with van der Waals surface area (Å²) in [6, 6.07) is 14.1. The van der Waals surface area contributed by atoms with Crippen LogP contribution in [0.5, 0.6) is 0 Å². The van der Waals surface area contributed by atoms with Gasteiger partial charge in [0.15, 0.2) is 0 Å². The van der Waals surface area contributed by atoms with Crippen molar-refractivity contribution in [1.29, 1.82) is 0 Å². The van der Waals surface area contributed by atoms with Crippen LogP contribution in [0.2, 0.25) is 0 Å².